The molecule has 1 heterocycles. The van der Waals surface area contributed by atoms with Crippen molar-refractivity contribution in [2.45, 2.75) is 0 Å². The van der Waals surface area contributed by atoms with E-state index in [1.807, 2.05) is 0 Å². The van der Waals surface area contributed by atoms with Gasteiger partial charge in [-0.05, 0) is 12.1 Å². The lowest BCUT2D eigenvalue weighted by molar-refractivity contribution is -0.121. The van der Waals surface area contributed by atoms with E-state index in [2.05, 4.69) is 15.5 Å². The molecule has 1 rings (SSSR count). The van der Waals surface area contributed by atoms with Gasteiger partial charge in [0.25, 0.3) is 5.91 Å². The summed E-state index contributed by atoms with van der Waals surface area (Å²) in [6.45, 7) is 0.761. The van der Waals surface area contributed by atoms with Gasteiger partial charge in [-0.15, -0.1) is 10.2 Å². The van der Waals surface area contributed by atoms with Crippen LogP contribution < -0.4 is 5.32 Å². The summed E-state index contributed by atoms with van der Waals surface area (Å²) < 4.78 is 4.80. The zero-order valence-electron chi connectivity index (χ0n) is 10.7. The molecule has 8 heteroatoms. The minimum absolute atomic E-state index is 0.0626. The molecule has 1 N–H and O–H groups in total. The van der Waals surface area contributed by atoms with Crippen LogP contribution in [0.3, 0.4) is 0 Å². The molecule has 19 heavy (non-hydrogen) atoms. The van der Waals surface area contributed by atoms with E-state index in [-0.39, 0.29) is 23.3 Å². The van der Waals surface area contributed by atoms with Crippen molar-refractivity contribution in [3.63, 3.8) is 0 Å². The smallest absolute Gasteiger partial charge is 0.274 e. The Morgan fingerprint density at radius 3 is 2.74 bits per heavy atom. The van der Waals surface area contributed by atoms with Crippen LogP contribution in [0.5, 0.6) is 0 Å². The second-order valence-corrected chi connectivity index (χ2v) is 4.13. The predicted molar refractivity (Wildman–Crippen MR) is 68.9 cm³/mol. The van der Waals surface area contributed by atoms with Gasteiger partial charge in [0, 0.05) is 20.7 Å². The van der Waals surface area contributed by atoms with E-state index >= 15 is 0 Å². The highest BCUT2D eigenvalue weighted by Gasteiger charge is 2.16. The number of likely N-dealkylation sites (N-methyl/N-ethyl adjacent to an activating group) is 1. The van der Waals surface area contributed by atoms with Crippen LogP contribution in [0.1, 0.15) is 10.5 Å². The van der Waals surface area contributed by atoms with E-state index in [0.29, 0.717) is 13.2 Å². The summed E-state index contributed by atoms with van der Waals surface area (Å²) in [6, 6.07) is 2.92. The number of methoxy groups -OCH3 is 1. The van der Waals surface area contributed by atoms with Gasteiger partial charge in [-0.25, -0.2) is 0 Å². The van der Waals surface area contributed by atoms with E-state index in [9.17, 15) is 9.59 Å². The van der Waals surface area contributed by atoms with Crippen LogP contribution in [0.25, 0.3) is 0 Å². The van der Waals surface area contributed by atoms with Crippen molar-refractivity contribution in [2.24, 2.45) is 0 Å². The van der Waals surface area contributed by atoms with Crippen molar-refractivity contribution in [1.82, 2.24) is 20.4 Å². The molecule has 0 unspecified atom stereocenters. The number of nitrogens with zero attached hydrogens (tertiary/aromatic N) is 3. The molecule has 0 radical (unpaired) electrons. The van der Waals surface area contributed by atoms with E-state index in [0.717, 1.165) is 0 Å². The summed E-state index contributed by atoms with van der Waals surface area (Å²) >= 11 is 5.58. The Balaban J connectivity index is 2.48. The lowest BCUT2D eigenvalue weighted by Gasteiger charge is -2.15. The monoisotopic (exact) mass is 286 g/mol. The van der Waals surface area contributed by atoms with E-state index < -0.39 is 5.91 Å². The number of carbonyl (C=O) groups excluding carboxylic acids is 2. The standard InChI is InChI=1S/C11H15ClN4O3/c1-16(7-10(17)13-5-6-19-2)11(18)8-3-4-9(12)15-14-8/h3-4H,5-7H2,1-2H3,(H,13,17). The van der Waals surface area contributed by atoms with Crippen molar-refractivity contribution in [2.75, 3.05) is 33.9 Å². The van der Waals surface area contributed by atoms with Gasteiger partial charge in [0.1, 0.15) is 0 Å². The minimum atomic E-state index is -0.397. The van der Waals surface area contributed by atoms with Crippen molar-refractivity contribution in [1.29, 1.82) is 0 Å². The fourth-order valence-corrected chi connectivity index (χ4v) is 1.36. The molecule has 0 aliphatic carbocycles. The van der Waals surface area contributed by atoms with Gasteiger partial charge in [-0.2, -0.15) is 0 Å². The quantitative estimate of drug-likeness (QED) is 0.742. The lowest BCUT2D eigenvalue weighted by Crippen LogP contribution is -2.39. The number of hydrogen-bond acceptors (Lipinski definition) is 5. The van der Waals surface area contributed by atoms with E-state index in [4.69, 9.17) is 16.3 Å². The summed E-state index contributed by atoms with van der Waals surface area (Å²) in [6.07, 6.45) is 0. The van der Waals surface area contributed by atoms with Crippen LogP contribution in [0, 0.1) is 0 Å². The summed E-state index contributed by atoms with van der Waals surface area (Å²) in [5.74, 6) is -0.666. The largest absolute Gasteiger partial charge is 0.383 e. The van der Waals surface area contributed by atoms with E-state index in [1.54, 1.807) is 7.11 Å². The molecule has 1 aromatic heterocycles. The molecule has 0 aliphatic rings. The fourth-order valence-electron chi connectivity index (χ4n) is 1.26. The molecular weight excluding hydrogens is 272 g/mol. The summed E-state index contributed by atoms with van der Waals surface area (Å²) in [5.41, 5.74) is 0.136. The Kier molecular flexibility index (Phi) is 6.17. The number of halogens is 1. The van der Waals surface area contributed by atoms with Crippen LogP contribution in [-0.2, 0) is 9.53 Å². The average Bonchev–Trinajstić information content (AvgIpc) is 2.39. The van der Waals surface area contributed by atoms with Gasteiger partial charge in [0.15, 0.2) is 10.8 Å². The van der Waals surface area contributed by atoms with Gasteiger partial charge in [-0.3, -0.25) is 9.59 Å². The number of ether oxygens (including phenoxy) is 1. The lowest BCUT2D eigenvalue weighted by atomic mass is 10.3. The Morgan fingerprint density at radius 2 is 2.16 bits per heavy atom. The highest BCUT2D eigenvalue weighted by atomic mass is 35.5. The molecule has 1 aromatic rings. The molecule has 0 bridgehead atoms. The Morgan fingerprint density at radius 1 is 1.42 bits per heavy atom. The molecule has 104 valence electrons. The summed E-state index contributed by atoms with van der Waals surface area (Å²) in [5, 5.41) is 10.1. The number of nitrogens with one attached hydrogen (secondary N) is 1. The fraction of sp³-hybridized carbons (Fsp3) is 0.455. The van der Waals surface area contributed by atoms with E-state index in [1.165, 1.54) is 24.1 Å². The van der Waals surface area contributed by atoms with Crippen LogP contribution in [0.4, 0.5) is 0 Å². The molecule has 7 nitrogen and oxygen atoms in total. The first-order valence-corrected chi connectivity index (χ1v) is 5.92. The van der Waals surface area contributed by atoms with Gasteiger partial charge >= 0.3 is 0 Å². The molecule has 0 aliphatic heterocycles. The molecule has 0 saturated carbocycles. The van der Waals surface area contributed by atoms with Crippen LogP contribution in [-0.4, -0.2) is 60.8 Å². The minimum Gasteiger partial charge on any atom is -0.383 e. The maximum absolute atomic E-state index is 11.9. The first-order valence-electron chi connectivity index (χ1n) is 5.55. The van der Waals surface area contributed by atoms with Crippen LogP contribution in [0.15, 0.2) is 12.1 Å². The van der Waals surface area contributed by atoms with Crippen molar-refractivity contribution < 1.29 is 14.3 Å². The molecule has 0 fully saturated rings. The third-order valence-electron chi connectivity index (χ3n) is 2.21. The van der Waals surface area contributed by atoms with Crippen molar-refractivity contribution in [3.05, 3.63) is 23.0 Å². The van der Waals surface area contributed by atoms with Crippen molar-refractivity contribution >= 4 is 23.4 Å². The average molecular weight is 287 g/mol. The van der Waals surface area contributed by atoms with Gasteiger partial charge in [0.05, 0.1) is 13.2 Å². The molecular formula is C11H15ClN4O3. The van der Waals surface area contributed by atoms with Gasteiger partial charge in [0.2, 0.25) is 5.91 Å². The maximum atomic E-state index is 11.9. The van der Waals surface area contributed by atoms with Crippen molar-refractivity contribution in [3.8, 4) is 0 Å². The number of rotatable bonds is 6. The molecule has 0 atom stereocenters. The third kappa shape index (κ3) is 5.19. The second kappa shape index (κ2) is 7.65. The Labute approximate surface area is 115 Å². The Hall–Kier alpha value is -1.73. The summed E-state index contributed by atoms with van der Waals surface area (Å²) in [7, 11) is 3.05. The zero-order chi connectivity index (χ0) is 14.3. The topological polar surface area (TPSA) is 84.4 Å². The SMILES string of the molecule is COCCNC(=O)CN(C)C(=O)c1ccc(Cl)nn1. The molecule has 0 saturated heterocycles. The first kappa shape index (κ1) is 15.3. The number of aromatic nitrogens is 2. The number of amides is 2. The highest BCUT2D eigenvalue weighted by Crippen LogP contribution is 2.04. The normalized spacial score (nSPS) is 10.1. The maximum Gasteiger partial charge on any atom is 0.274 e. The van der Waals surface area contributed by atoms with Gasteiger partial charge < -0.3 is 15.0 Å². The predicted octanol–water partition coefficient (Wildman–Crippen LogP) is -0.0354. The summed E-state index contributed by atoms with van der Waals surface area (Å²) in [4.78, 5) is 24.6. The molecule has 2 amide bonds. The highest BCUT2D eigenvalue weighted by molar-refractivity contribution is 6.29. The molecule has 0 aromatic carbocycles. The third-order valence-corrected chi connectivity index (χ3v) is 2.41. The second-order valence-electron chi connectivity index (χ2n) is 3.75. The van der Waals surface area contributed by atoms with Gasteiger partial charge in [-0.1, -0.05) is 11.6 Å². The van der Waals surface area contributed by atoms with Crippen LogP contribution >= 0.6 is 11.6 Å². The first-order chi connectivity index (χ1) is 9.04. The number of hydrogen-bond donors (Lipinski definition) is 1. The molecule has 0 spiro atoms. The zero-order valence-corrected chi connectivity index (χ0v) is 11.5. The van der Waals surface area contributed by atoms with Crippen LogP contribution in [0.2, 0.25) is 5.15 Å². The number of carbonyl (C=O) groups is 2. The Bertz CT molecular complexity index is 438.